The zero-order chi connectivity index (χ0) is 29.8. The van der Waals surface area contributed by atoms with Crippen LogP contribution in [0.5, 0.6) is 6.01 Å². The fraction of sp³-hybridized carbons (Fsp3) is 0.735. The molecule has 0 aromatic carbocycles. The molecule has 0 aliphatic carbocycles. The third kappa shape index (κ3) is 23.4. The Kier molecular flexibility index (Phi) is 26.7. The molecular formula is C34H58ClN3O4S. The predicted octanol–water partition coefficient (Wildman–Crippen LogP) is 4.26. The molecule has 43 heavy (non-hydrogen) atoms. The Bertz CT molecular complexity index is 882. The number of ether oxygens (including phenoxy) is 3. The van der Waals surface area contributed by atoms with E-state index < -0.39 is 10.8 Å². The van der Waals surface area contributed by atoms with Crippen molar-refractivity contribution in [2.75, 3.05) is 37.9 Å². The van der Waals surface area contributed by atoms with Gasteiger partial charge in [0.1, 0.15) is 12.7 Å². The quantitative estimate of drug-likeness (QED) is 0.0979. The fourth-order valence-electron chi connectivity index (χ4n) is 4.88. The summed E-state index contributed by atoms with van der Waals surface area (Å²) in [4.78, 5) is 8.31. The summed E-state index contributed by atoms with van der Waals surface area (Å²) in [5.74, 6) is 0.835. The van der Waals surface area contributed by atoms with Gasteiger partial charge in [-0.3, -0.25) is 4.21 Å². The van der Waals surface area contributed by atoms with Gasteiger partial charge in [0.05, 0.1) is 19.0 Å². The van der Waals surface area contributed by atoms with Crippen LogP contribution in [0.25, 0.3) is 0 Å². The lowest BCUT2D eigenvalue weighted by Gasteiger charge is -2.17. The minimum absolute atomic E-state index is 0. The van der Waals surface area contributed by atoms with E-state index in [1.165, 1.54) is 96.3 Å². The monoisotopic (exact) mass is 639 g/mol. The molecule has 2 heterocycles. The van der Waals surface area contributed by atoms with Gasteiger partial charge in [-0.2, -0.15) is 0 Å². The molecular weight excluding hydrogens is 582 g/mol. The third-order valence-electron chi connectivity index (χ3n) is 7.36. The lowest BCUT2D eigenvalue weighted by Crippen LogP contribution is -3.00. The number of halogens is 1. The van der Waals surface area contributed by atoms with Crippen LogP contribution in [0.1, 0.15) is 110 Å². The van der Waals surface area contributed by atoms with E-state index in [1.54, 1.807) is 18.5 Å². The molecule has 7 nitrogen and oxygen atoms in total. The van der Waals surface area contributed by atoms with Crippen LogP contribution in [-0.4, -0.2) is 58.2 Å². The molecule has 0 saturated heterocycles. The zero-order valence-corrected chi connectivity index (χ0v) is 28.3. The molecule has 0 fully saturated rings. The number of hydrogen-bond acceptors (Lipinski definition) is 6. The normalized spacial score (nSPS) is 12.5. The van der Waals surface area contributed by atoms with Gasteiger partial charge in [-0.1, -0.05) is 109 Å². The molecule has 0 N–H and O–H groups in total. The molecule has 0 aliphatic heterocycles. The second-order valence-electron chi connectivity index (χ2n) is 11.2. The van der Waals surface area contributed by atoms with Crippen molar-refractivity contribution in [2.45, 2.75) is 122 Å². The van der Waals surface area contributed by atoms with Gasteiger partial charge in [0, 0.05) is 47.7 Å². The Balaban J connectivity index is 0.00000924. The lowest BCUT2D eigenvalue weighted by atomic mass is 10.0. The molecule has 0 bridgehead atoms. The maximum Gasteiger partial charge on any atom is 0.316 e. The van der Waals surface area contributed by atoms with Crippen molar-refractivity contribution in [3.8, 4) is 6.01 Å². The summed E-state index contributed by atoms with van der Waals surface area (Å²) in [6, 6.07) is 8.02. The summed E-state index contributed by atoms with van der Waals surface area (Å²) in [6.45, 7) is 5.18. The van der Waals surface area contributed by atoms with E-state index >= 15 is 0 Å². The topological polar surface area (TPSA) is 74.4 Å². The van der Waals surface area contributed by atoms with E-state index in [0.717, 1.165) is 13.0 Å². The van der Waals surface area contributed by atoms with Gasteiger partial charge in [0.25, 0.3) is 0 Å². The van der Waals surface area contributed by atoms with Gasteiger partial charge in [-0.25, -0.2) is 14.5 Å². The Morgan fingerprint density at radius 1 is 0.698 bits per heavy atom. The second-order valence-corrected chi connectivity index (χ2v) is 12.8. The molecule has 0 saturated carbocycles. The Morgan fingerprint density at radius 2 is 1.26 bits per heavy atom. The van der Waals surface area contributed by atoms with Crippen LogP contribution < -0.4 is 21.7 Å². The first-order valence-corrected chi connectivity index (χ1v) is 18.1. The van der Waals surface area contributed by atoms with E-state index in [0.29, 0.717) is 43.9 Å². The Morgan fingerprint density at radius 3 is 1.84 bits per heavy atom. The molecule has 0 radical (unpaired) electrons. The lowest BCUT2D eigenvalue weighted by molar-refractivity contribution is -0.698. The Labute approximate surface area is 270 Å². The standard InChI is InChI=1S/C34H58N3O4S.ClH/c1-2-3-4-5-6-7-8-9-10-11-12-13-14-15-16-20-27-40-31-33(41-34-35-22-21-23-36-34)32-42(38)30-29-39-28-26-37-24-18-17-19-25-37;/h17-19,21-25,33H,2-16,20,26-32H2,1H3;1H/q+1;/p-1. The highest BCUT2D eigenvalue weighted by Gasteiger charge is 2.17. The van der Waals surface area contributed by atoms with Crippen LogP contribution in [0.3, 0.4) is 0 Å². The zero-order valence-electron chi connectivity index (χ0n) is 26.7. The number of aromatic nitrogens is 3. The van der Waals surface area contributed by atoms with Crippen molar-refractivity contribution >= 4 is 10.8 Å². The molecule has 2 atom stereocenters. The predicted molar refractivity (Wildman–Crippen MR) is 172 cm³/mol. The van der Waals surface area contributed by atoms with Gasteiger partial charge in [0.15, 0.2) is 18.9 Å². The van der Waals surface area contributed by atoms with E-state index in [4.69, 9.17) is 14.2 Å². The van der Waals surface area contributed by atoms with Gasteiger partial charge in [-0.15, -0.1) is 0 Å². The van der Waals surface area contributed by atoms with Crippen LogP contribution >= 0.6 is 0 Å². The summed E-state index contributed by atoms with van der Waals surface area (Å²) in [7, 11) is -1.08. The van der Waals surface area contributed by atoms with Crippen molar-refractivity contribution in [1.29, 1.82) is 0 Å². The first kappa shape index (κ1) is 39.4. The van der Waals surface area contributed by atoms with Gasteiger partial charge in [0.2, 0.25) is 0 Å². The molecule has 2 rings (SSSR count). The van der Waals surface area contributed by atoms with Crippen molar-refractivity contribution in [3.63, 3.8) is 0 Å². The van der Waals surface area contributed by atoms with Gasteiger partial charge < -0.3 is 26.6 Å². The Hall–Kier alpha value is -1.61. The van der Waals surface area contributed by atoms with Crippen molar-refractivity contribution in [2.24, 2.45) is 0 Å². The summed E-state index contributed by atoms with van der Waals surface area (Å²) in [5.41, 5.74) is 0. The second kappa shape index (κ2) is 29.1. The highest BCUT2D eigenvalue weighted by Crippen LogP contribution is 2.14. The fourth-order valence-corrected chi connectivity index (χ4v) is 5.93. The van der Waals surface area contributed by atoms with Crippen LogP contribution in [0.15, 0.2) is 49.1 Å². The highest BCUT2D eigenvalue weighted by molar-refractivity contribution is 7.85. The maximum absolute atomic E-state index is 12.7. The number of hydrogen-bond donors (Lipinski definition) is 0. The van der Waals surface area contributed by atoms with E-state index in [1.807, 2.05) is 30.6 Å². The molecule has 2 unspecified atom stereocenters. The minimum Gasteiger partial charge on any atom is -1.00 e. The first-order chi connectivity index (χ1) is 20.8. The number of unbranched alkanes of at least 4 members (excludes halogenated alkanes) is 15. The van der Waals surface area contributed by atoms with E-state index in [-0.39, 0.29) is 18.5 Å². The van der Waals surface area contributed by atoms with Crippen LogP contribution in [0, 0.1) is 0 Å². The minimum atomic E-state index is -1.08. The molecule has 0 aliphatic rings. The number of rotatable bonds is 29. The summed E-state index contributed by atoms with van der Waals surface area (Å²) in [6.07, 6.45) is 28.6. The summed E-state index contributed by atoms with van der Waals surface area (Å²) >= 11 is 0. The van der Waals surface area contributed by atoms with Gasteiger partial charge >= 0.3 is 6.01 Å². The summed E-state index contributed by atoms with van der Waals surface area (Å²) in [5, 5.41) is 0. The van der Waals surface area contributed by atoms with Crippen molar-refractivity contribution < 1.29 is 35.4 Å². The molecule has 246 valence electrons. The summed E-state index contributed by atoms with van der Waals surface area (Å²) < 4.78 is 32.3. The molecule has 0 amide bonds. The van der Waals surface area contributed by atoms with Crippen LogP contribution in [0.4, 0.5) is 0 Å². The van der Waals surface area contributed by atoms with E-state index in [9.17, 15) is 4.21 Å². The van der Waals surface area contributed by atoms with Crippen LogP contribution in [0.2, 0.25) is 0 Å². The van der Waals surface area contributed by atoms with Crippen LogP contribution in [-0.2, 0) is 26.8 Å². The average Bonchev–Trinajstić information content (AvgIpc) is 3.01. The molecule has 2 aromatic rings. The van der Waals surface area contributed by atoms with Gasteiger partial charge in [-0.05, 0) is 12.5 Å². The first-order valence-electron chi connectivity index (χ1n) is 16.7. The largest absolute Gasteiger partial charge is 1.00 e. The third-order valence-corrected chi connectivity index (χ3v) is 8.72. The molecule has 2 aromatic heterocycles. The van der Waals surface area contributed by atoms with E-state index in [2.05, 4.69) is 21.5 Å². The number of nitrogens with zero attached hydrogens (tertiary/aromatic N) is 3. The smallest absolute Gasteiger partial charge is 0.316 e. The highest BCUT2D eigenvalue weighted by atomic mass is 35.5. The number of pyridine rings is 1. The SMILES string of the molecule is CCCCCCCCCCCCCCCCCCOCC(CS(=O)CCOCC[n+]1ccccc1)Oc1ncccn1.[Cl-]. The molecule has 9 heteroatoms. The van der Waals surface area contributed by atoms with Crippen molar-refractivity contribution in [1.82, 2.24) is 9.97 Å². The van der Waals surface area contributed by atoms with Crippen molar-refractivity contribution in [3.05, 3.63) is 49.1 Å². The maximum atomic E-state index is 12.7. The molecule has 0 spiro atoms. The average molecular weight is 640 g/mol.